The maximum atomic E-state index is 12.9. The third kappa shape index (κ3) is 2.92. The highest BCUT2D eigenvalue weighted by atomic mass is 19.1. The Labute approximate surface area is 109 Å². The van der Waals surface area contributed by atoms with Crippen LogP contribution in [0.1, 0.15) is 44.2 Å². The number of halogens is 1. The fourth-order valence-corrected chi connectivity index (χ4v) is 2.95. The summed E-state index contributed by atoms with van der Waals surface area (Å²) in [6.45, 7) is 3.30. The van der Waals surface area contributed by atoms with Crippen molar-refractivity contribution >= 4 is 0 Å². The number of benzene rings is 1. The Kier molecular flexibility index (Phi) is 3.38. The summed E-state index contributed by atoms with van der Waals surface area (Å²) in [5.74, 6) is 2.73. The first-order valence-electron chi connectivity index (χ1n) is 7.23. The van der Waals surface area contributed by atoms with Crippen molar-refractivity contribution < 1.29 is 4.39 Å². The third-order valence-electron chi connectivity index (χ3n) is 4.48. The van der Waals surface area contributed by atoms with Crippen LogP contribution in [0.3, 0.4) is 0 Å². The van der Waals surface area contributed by atoms with Crippen LogP contribution in [-0.2, 0) is 0 Å². The van der Waals surface area contributed by atoms with Gasteiger partial charge in [0.1, 0.15) is 5.82 Å². The van der Waals surface area contributed by atoms with Gasteiger partial charge in [-0.25, -0.2) is 4.39 Å². The van der Waals surface area contributed by atoms with Crippen molar-refractivity contribution in [2.45, 2.75) is 38.6 Å². The third-order valence-corrected chi connectivity index (χ3v) is 4.48. The van der Waals surface area contributed by atoms with E-state index in [-0.39, 0.29) is 5.82 Å². The van der Waals surface area contributed by atoms with Crippen LogP contribution in [0, 0.1) is 23.6 Å². The zero-order chi connectivity index (χ0) is 12.5. The molecular weight excluding hydrogens is 225 g/mol. The first-order chi connectivity index (χ1) is 8.74. The normalized spacial score (nSPS) is 21.3. The predicted octanol–water partition coefficient (Wildman–Crippen LogP) is 3.91. The van der Waals surface area contributed by atoms with Crippen molar-refractivity contribution in [2.75, 3.05) is 6.54 Å². The van der Waals surface area contributed by atoms with Gasteiger partial charge in [0.05, 0.1) is 0 Å². The molecule has 1 aromatic rings. The van der Waals surface area contributed by atoms with Gasteiger partial charge in [-0.05, 0) is 74.6 Å². The lowest BCUT2D eigenvalue weighted by atomic mass is 9.97. The molecule has 0 aromatic heterocycles. The van der Waals surface area contributed by atoms with Crippen molar-refractivity contribution in [2.24, 2.45) is 17.8 Å². The van der Waals surface area contributed by atoms with Gasteiger partial charge in [-0.2, -0.15) is 0 Å². The summed E-state index contributed by atoms with van der Waals surface area (Å²) < 4.78 is 12.9. The Hall–Kier alpha value is -0.890. The zero-order valence-electron chi connectivity index (χ0n) is 11.0. The van der Waals surface area contributed by atoms with E-state index < -0.39 is 0 Å². The van der Waals surface area contributed by atoms with Crippen LogP contribution in [0.5, 0.6) is 0 Å². The molecule has 0 spiro atoms. The molecule has 0 aliphatic heterocycles. The van der Waals surface area contributed by atoms with Gasteiger partial charge >= 0.3 is 0 Å². The molecule has 1 N–H and O–H groups in total. The molecule has 18 heavy (non-hydrogen) atoms. The number of hydrogen-bond acceptors (Lipinski definition) is 1. The van der Waals surface area contributed by atoms with Crippen molar-refractivity contribution in [3.05, 3.63) is 35.6 Å². The molecule has 2 saturated carbocycles. The lowest BCUT2D eigenvalue weighted by Gasteiger charge is -2.20. The minimum Gasteiger partial charge on any atom is -0.310 e. The maximum absolute atomic E-state index is 12.9. The summed E-state index contributed by atoms with van der Waals surface area (Å²) in [6.07, 6.45) is 5.75. The highest BCUT2D eigenvalue weighted by molar-refractivity contribution is 5.19. The molecule has 0 heterocycles. The van der Waals surface area contributed by atoms with Gasteiger partial charge in [0, 0.05) is 6.04 Å². The van der Waals surface area contributed by atoms with Crippen LogP contribution in [0.4, 0.5) is 4.39 Å². The molecule has 0 bridgehead atoms. The largest absolute Gasteiger partial charge is 0.310 e. The second kappa shape index (κ2) is 5.00. The lowest BCUT2D eigenvalue weighted by Crippen LogP contribution is -2.28. The topological polar surface area (TPSA) is 12.0 Å². The smallest absolute Gasteiger partial charge is 0.123 e. The first kappa shape index (κ1) is 12.2. The molecule has 1 atom stereocenters. The van der Waals surface area contributed by atoms with Crippen LogP contribution >= 0.6 is 0 Å². The molecule has 1 unspecified atom stereocenters. The molecule has 2 fully saturated rings. The minimum absolute atomic E-state index is 0.153. The molecule has 2 aliphatic carbocycles. The second-order valence-corrected chi connectivity index (χ2v) is 6.02. The van der Waals surface area contributed by atoms with Crippen LogP contribution in [-0.4, -0.2) is 6.54 Å². The number of rotatable bonds is 6. The highest BCUT2D eigenvalue weighted by Crippen LogP contribution is 2.48. The quantitative estimate of drug-likeness (QED) is 0.803. The van der Waals surface area contributed by atoms with Gasteiger partial charge < -0.3 is 5.32 Å². The minimum atomic E-state index is -0.153. The van der Waals surface area contributed by atoms with E-state index >= 15 is 0 Å². The first-order valence-corrected chi connectivity index (χ1v) is 7.23. The van der Waals surface area contributed by atoms with Gasteiger partial charge in [-0.3, -0.25) is 0 Å². The average Bonchev–Trinajstić information content (AvgIpc) is 3.24. The molecule has 1 aromatic carbocycles. The van der Waals surface area contributed by atoms with Gasteiger partial charge in [-0.1, -0.05) is 12.1 Å². The molecule has 2 aliphatic rings. The van der Waals surface area contributed by atoms with E-state index in [0.717, 1.165) is 24.3 Å². The fourth-order valence-electron chi connectivity index (χ4n) is 2.95. The van der Waals surface area contributed by atoms with Crippen molar-refractivity contribution in [1.82, 2.24) is 5.32 Å². The highest BCUT2D eigenvalue weighted by Gasteiger charge is 2.41. The van der Waals surface area contributed by atoms with E-state index in [1.807, 2.05) is 12.1 Å². The molecule has 0 saturated heterocycles. The Bertz CT molecular complexity index is 380. The summed E-state index contributed by atoms with van der Waals surface area (Å²) in [6, 6.07) is 7.19. The number of nitrogens with one attached hydrogen (secondary N) is 1. The molecule has 98 valence electrons. The summed E-state index contributed by atoms with van der Waals surface area (Å²) >= 11 is 0. The van der Waals surface area contributed by atoms with E-state index in [9.17, 15) is 4.39 Å². The van der Waals surface area contributed by atoms with E-state index in [0.29, 0.717) is 6.04 Å². The maximum Gasteiger partial charge on any atom is 0.123 e. The van der Waals surface area contributed by atoms with Gasteiger partial charge in [0.15, 0.2) is 0 Å². The summed E-state index contributed by atoms with van der Waals surface area (Å²) in [5.41, 5.74) is 1.18. The van der Waals surface area contributed by atoms with Crippen molar-refractivity contribution in [1.29, 1.82) is 0 Å². The standard InChI is InChI=1S/C16H22FN/c1-11(12-6-8-15(17)9-7-12)18-10-16(13-2-3-13)14-4-5-14/h6-9,11,13-14,16,18H,2-5,10H2,1H3. The Balaban J connectivity index is 1.53. The monoisotopic (exact) mass is 247 g/mol. The molecule has 0 radical (unpaired) electrons. The van der Waals surface area contributed by atoms with Crippen LogP contribution in [0.25, 0.3) is 0 Å². The molecular formula is C16H22FN. The average molecular weight is 247 g/mol. The van der Waals surface area contributed by atoms with Gasteiger partial charge in [0.2, 0.25) is 0 Å². The summed E-state index contributed by atoms with van der Waals surface area (Å²) in [4.78, 5) is 0. The van der Waals surface area contributed by atoms with Gasteiger partial charge in [-0.15, -0.1) is 0 Å². The second-order valence-electron chi connectivity index (χ2n) is 6.02. The zero-order valence-corrected chi connectivity index (χ0v) is 11.0. The lowest BCUT2D eigenvalue weighted by molar-refractivity contribution is 0.362. The Morgan fingerprint density at radius 1 is 1.11 bits per heavy atom. The van der Waals surface area contributed by atoms with E-state index in [2.05, 4.69) is 12.2 Å². The van der Waals surface area contributed by atoms with E-state index in [4.69, 9.17) is 0 Å². The molecule has 0 amide bonds. The Morgan fingerprint density at radius 3 is 2.17 bits per heavy atom. The van der Waals surface area contributed by atoms with Crippen LogP contribution in [0.2, 0.25) is 0 Å². The fraction of sp³-hybridized carbons (Fsp3) is 0.625. The van der Waals surface area contributed by atoms with E-state index in [1.165, 1.54) is 31.2 Å². The number of hydrogen-bond donors (Lipinski definition) is 1. The van der Waals surface area contributed by atoms with Crippen molar-refractivity contribution in [3.8, 4) is 0 Å². The molecule has 3 rings (SSSR count). The van der Waals surface area contributed by atoms with Crippen molar-refractivity contribution in [3.63, 3.8) is 0 Å². The summed E-state index contributed by atoms with van der Waals surface area (Å²) in [5, 5.41) is 3.64. The van der Waals surface area contributed by atoms with E-state index in [1.54, 1.807) is 12.1 Å². The summed E-state index contributed by atoms with van der Waals surface area (Å²) in [7, 11) is 0. The predicted molar refractivity (Wildman–Crippen MR) is 71.8 cm³/mol. The van der Waals surface area contributed by atoms with Crippen LogP contribution < -0.4 is 5.32 Å². The molecule has 2 heteroatoms. The molecule has 1 nitrogen and oxygen atoms in total. The van der Waals surface area contributed by atoms with Crippen LogP contribution in [0.15, 0.2) is 24.3 Å². The van der Waals surface area contributed by atoms with Gasteiger partial charge in [0.25, 0.3) is 0 Å². The Morgan fingerprint density at radius 2 is 1.67 bits per heavy atom. The SMILES string of the molecule is CC(NCC(C1CC1)C1CC1)c1ccc(F)cc1.